The van der Waals surface area contributed by atoms with Crippen molar-refractivity contribution in [1.29, 1.82) is 0 Å². The lowest BCUT2D eigenvalue weighted by Gasteiger charge is -2.27. The summed E-state index contributed by atoms with van der Waals surface area (Å²) in [7, 11) is 0. The molecule has 0 bridgehead atoms. The Morgan fingerprint density at radius 1 is 1.15 bits per heavy atom. The number of halogens is 1. The van der Waals surface area contributed by atoms with Crippen LogP contribution in [-0.4, -0.2) is 56.5 Å². The molecule has 2 aliphatic rings. The summed E-state index contributed by atoms with van der Waals surface area (Å²) in [6, 6.07) is 3.66. The van der Waals surface area contributed by atoms with Crippen molar-refractivity contribution in [2.24, 2.45) is 0 Å². The zero-order valence-electron chi connectivity index (χ0n) is 18.5. The third-order valence-corrected chi connectivity index (χ3v) is 7.41. The minimum absolute atomic E-state index is 0.0147. The molecule has 2 fully saturated rings. The Hall–Kier alpha value is -2.85. The third kappa shape index (κ3) is 4.24. The van der Waals surface area contributed by atoms with E-state index >= 15 is 0 Å². The number of pyridine rings is 2. The summed E-state index contributed by atoms with van der Waals surface area (Å²) >= 11 is 3.47. The second-order valence-corrected chi connectivity index (χ2v) is 9.38. The summed E-state index contributed by atoms with van der Waals surface area (Å²) in [4.78, 5) is 41.1. The monoisotopic (exact) mass is 511 g/mol. The first kappa shape index (κ1) is 22.0. The predicted molar refractivity (Wildman–Crippen MR) is 130 cm³/mol. The van der Waals surface area contributed by atoms with Crippen LogP contribution in [0.15, 0.2) is 33.8 Å². The summed E-state index contributed by atoms with van der Waals surface area (Å²) < 4.78 is 2.38. The maximum atomic E-state index is 13.1. The van der Waals surface area contributed by atoms with Crippen molar-refractivity contribution < 1.29 is 4.79 Å². The van der Waals surface area contributed by atoms with Gasteiger partial charge < -0.3 is 15.5 Å². The van der Waals surface area contributed by atoms with Crippen LogP contribution < -0.4 is 16.2 Å². The summed E-state index contributed by atoms with van der Waals surface area (Å²) in [5.74, 6) is 0.887. The molecule has 1 amide bonds. The van der Waals surface area contributed by atoms with Gasteiger partial charge in [0.05, 0.1) is 10.0 Å². The van der Waals surface area contributed by atoms with Crippen LogP contribution in [0.1, 0.15) is 47.6 Å². The number of nitrogens with zero attached hydrogens (tertiary/aromatic N) is 5. The second kappa shape index (κ2) is 9.18. The number of aryl methyl sites for hydroxylation is 1. The number of nitrogens with one attached hydrogen (secondary N) is 2. The molecule has 0 aromatic carbocycles. The fourth-order valence-corrected chi connectivity index (χ4v) is 5.03. The Morgan fingerprint density at radius 2 is 1.91 bits per heavy atom. The van der Waals surface area contributed by atoms with Gasteiger partial charge in [-0.05, 0) is 53.4 Å². The number of piperazine rings is 1. The lowest BCUT2D eigenvalue weighted by molar-refractivity contribution is 0.0735. The first-order valence-corrected chi connectivity index (χ1v) is 12.1. The highest BCUT2D eigenvalue weighted by Gasteiger charge is 2.24. The van der Waals surface area contributed by atoms with E-state index < -0.39 is 0 Å². The van der Waals surface area contributed by atoms with Gasteiger partial charge >= 0.3 is 0 Å². The minimum atomic E-state index is -0.0505. The van der Waals surface area contributed by atoms with Gasteiger partial charge in [0.1, 0.15) is 11.5 Å². The van der Waals surface area contributed by atoms with Crippen LogP contribution in [0.5, 0.6) is 0 Å². The Bertz CT molecular complexity index is 1250. The summed E-state index contributed by atoms with van der Waals surface area (Å²) in [5, 5.41) is 7.21. The van der Waals surface area contributed by atoms with Gasteiger partial charge in [0.25, 0.3) is 11.5 Å². The standard InChI is InChI=1S/C23H26BrN7O2/c1-14-17-13-27-23(29-20(17)31(22(33)19(14)24)16-4-2-3-5-16)28-18-7-6-15(12-26-18)21(32)30-10-8-25-9-11-30/h6-7,12-13,16,25H,2-5,8-11H2,1H3,(H,26,27,28,29). The smallest absolute Gasteiger partial charge is 0.267 e. The van der Waals surface area contributed by atoms with E-state index in [2.05, 4.69) is 36.5 Å². The number of aromatic nitrogens is 4. The lowest BCUT2D eigenvalue weighted by Crippen LogP contribution is -2.46. The van der Waals surface area contributed by atoms with E-state index in [1.807, 2.05) is 16.4 Å². The van der Waals surface area contributed by atoms with Crippen molar-refractivity contribution >= 4 is 44.6 Å². The lowest BCUT2D eigenvalue weighted by atomic mass is 10.1. The number of amides is 1. The van der Waals surface area contributed by atoms with E-state index in [0.717, 1.165) is 49.7 Å². The second-order valence-electron chi connectivity index (χ2n) is 8.58. The van der Waals surface area contributed by atoms with E-state index in [1.165, 1.54) is 0 Å². The number of rotatable bonds is 4. The highest BCUT2D eigenvalue weighted by Crippen LogP contribution is 2.32. The van der Waals surface area contributed by atoms with Gasteiger partial charge in [-0.2, -0.15) is 4.98 Å². The molecule has 0 unspecified atom stereocenters. The first-order valence-electron chi connectivity index (χ1n) is 11.3. The number of hydrogen-bond acceptors (Lipinski definition) is 7. The average molecular weight is 512 g/mol. The average Bonchev–Trinajstić information content (AvgIpc) is 3.38. The van der Waals surface area contributed by atoms with Gasteiger partial charge in [-0.15, -0.1) is 0 Å². The molecule has 172 valence electrons. The number of carbonyl (C=O) groups is 1. The zero-order valence-corrected chi connectivity index (χ0v) is 20.1. The normalized spacial score (nSPS) is 17.0. The summed E-state index contributed by atoms with van der Waals surface area (Å²) in [5.41, 5.74) is 1.98. The first-order chi connectivity index (χ1) is 16.0. The van der Waals surface area contributed by atoms with Crippen LogP contribution in [0.3, 0.4) is 0 Å². The number of carbonyl (C=O) groups excluding carboxylic acids is 1. The SMILES string of the molecule is Cc1c(Br)c(=O)n(C2CCCC2)c2nc(Nc3ccc(C(=O)N4CCNCC4)cn3)ncc12. The summed E-state index contributed by atoms with van der Waals surface area (Å²) in [6.45, 7) is 4.91. The molecule has 5 rings (SSSR count). The molecule has 1 aliphatic carbocycles. The fraction of sp³-hybridized carbons (Fsp3) is 0.435. The molecule has 1 saturated heterocycles. The number of hydrogen-bond donors (Lipinski definition) is 2. The van der Waals surface area contributed by atoms with Crippen LogP contribution in [0.25, 0.3) is 11.0 Å². The molecular formula is C23H26BrN7O2. The van der Waals surface area contributed by atoms with Crippen LogP contribution in [0.2, 0.25) is 0 Å². The van der Waals surface area contributed by atoms with Crippen LogP contribution in [-0.2, 0) is 0 Å². The summed E-state index contributed by atoms with van der Waals surface area (Å²) in [6.07, 6.45) is 7.50. The highest BCUT2D eigenvalue weighted by atomic mass is 79.9. The molecule has 0 spiro atoms. The van der Waals surface area contributed by atoms with Gasteiger partial charge in [0.15, 0.2) is 0 Å². The molecule has 3 aromatic heterocycles. The van der Waals surface area contributed by atoms with E-state index in [1.54, 1.807) is 24.5 Å². The Balaban J connectivity index is 1.43. The maximum Gasteiger partial charge on any atom is 0.267 e. The van der Waals surface area contributed by atoms with E-state index in [4.69, 9.17) is 4.98 Å². The van der Waals surface area contributed by atoms with Crippen molar-refractivity contribution in [3.05, 3.63) is 50.5 Å². The molecule has 1 saturated carbocycles. The van der Waals surface area contributed by atoms with E-state index in [0.29, 0.717) is 40.5 Å². The molecule has 2 N–H and O–H groups in total. The quantitative estimate of drug-likeness (QED) is 0.554. The van der Waals surface area contributed by atoms with E-state index in [-0.39, 0.29) is 17.5 Å². The molecular weight excluding hydrogens is 486 g/mol. The molecule has 9 nitrogen and oxygen atoms in total. The molecule has 10 heteroatoms. The maximum absolute atomic E-state index is 13.1. The van der Waals surface area contributed by atoms with Crippen LogP contribution >= 0.6 is 15.9 Å². The molecule has 0 atom stereocenters. The topological polar surface area (TPSA) is 105 Å². The number of fused-ring (bicyclic) bond motifs is 1. The van der Waals surface area contributed by atoms with Crippen molar-refractivity contribution in [3.63, 3.8) is 0 Å². The van der Waals surface area contributed by atoms with Crippen LogP contribution in [0, 0.1) is 6.92 Å². The zero-order chi connectivity index (χ0) is 22.9. The van der Waals surface area contributed by atoms with Crippen molar-refractivity contribution in [2.45, 2.75) is 38.6 Å². The minimum Gasteiger partial charge on any atom is -0.336 e. The molecule has 1 aliphatic heterocycles. The molecule has 3 aromatic rings. The number of anilines is 2. The largest absolute Gasteiger partial charge is 0.336 e. The fourth-order valence-electron chi connectivity index (χ4n) is 4.62. The van der Waals surface area contributed by atoms with Gasteiger partial charge in [0.2, 0.25) is 5.95 Å². The Kier molecular flexibility index (Phi) is 6.11. The predicted octanol–water partition coefficient (Wildman–Crippen LogP) is 3.16. The van der Waals surface area contributed by atoms with Gasteiger partial charge in [-0.25, -0.2) is 9.97 Å². The van der Waals surface area contributed by atoms with Crippen molar-refractivity contribution in [2.75, 3.05) is 31.5 Å². The van der Waals surface area contributed by atoms with Crippen molar-refractivity contribution in [3.8, 4) is 0 Å². The van der Waals surface area contributed by atoms with E-state index in [9.17, 15) is 9.59 Å². The Morgan fingerprint density at radius 3 is 2.61 bits per heavy atom. The third-order valence-electron chi connectivity index (χ3n) is 6.48. The van der Waals surface area contributed by atoms with Gasteiger partial charge in [-0.3, -0.25) is 14.2 Å². The van der Waals surface area contributed by atoms with Crippen LogP contribution in [0.4, 0.5) is 11.8 Å². The van der Waals surface area contributed by atoms with Gasteiger partial charge in [0, 0.05) is 50.0 Å². The van der Waals surface area contributed by atoms with Crippen molar-refractivity contribution in [1.82, 2.24) is 29.7 Å². The highest BCUT2D eigenvalue weighted by molar-refractivity contribution is 9.10. The molecule has 33 heavy (non-hydrogen) atoms. The molecule has 0 radical (unpaired) electrons. The molecule has 4 heterocycles. The van der Waals surface area contributed by atoms with Gasteiger partial charge in [-0.1, -0.05) is 12.8 Å². The Labute approximate surface area is 199 Å².